The highest BCUT2D eigenvalue weighted by molar-refractivity contribution is 5.78. The second-order valence-electron chi connectivity index (χ2n) is 3.92. The van der Waals surface area contributed by atoms with E-state index in [1.54, 1.807) is 0 Å². The Morgan fingerprint density at radius 1 is 1.53 bits per heavy atom. The van der Waals surface area contributed by atoms with Crippen LogP contribution < -0.4 is 5.73 Å². The number of amides is 1. The average molecular weight is 214 g/mol. The van der Waals surface area contributed by atoms with Gasteiger partial charge in [0.25, 0.3) is 0 Å². The van der Waals surface area contributed by atoms with Crippen LogP contribution in [0, 0.1) is 0 Å². The Hall–Kier alpha value is -1.10. The summed E-state index contributed by atoms with van der Waals surface area (Å²) < 4.78 is 0. The number of aliphatic carboxylic acids is 1. The van der Waals surface area contributed by atoms with Crippen LogP contribution in [0.5, 0.6) is 0 Å². The molecule has 0 aromatic rings. The van der Waals surface area contributed by atoms with E-state index >= 15 is 0 Å². The van der Waals surface area contributed by atoms with Crippen LogP contribution >= 0.6 is 0 Å². The van der Waals surface area contributed by atoms with Gasteiger partial charge in [-0.25, -0.2) is 0 Å². The average Bonchev–Trinajstić information content (AvgIpc) is 2.58. The summed E-state index contributed by atoms with van der Waals surface area (Å²) in [5.41, 5.74) is 5.36. The molecular weight excluding hydrogens is 196 g/mol. The minimum absolute atomic E-state index is 0.220. The van der Waals surface area contributed by atoms with E-state index in [0.29, 0.717) is 12.8 Å². The number of nitrogens with zero attached hydrogens (tertiary/aromatic N) is 1. The summed E-state index contributed by atoms with van der Waals surface area (Å²) in [6.45, 7) is 1.59. The number of likely N-dealkylation sites (tertiary alicyclic amines) is 1. The second-order valence-corrected chi connectivity index (χ2v) is 3.92. The molecule has 86 valence electrons. The van der Waals surface area contributed by atoms with Crippen molar-refractivity contribution >= 4 is 11.9 Å². The maximum absolute atomic E-state index is 11.2. The number of carbonyl (C=O) groups is 2. The third-order valence-electron chi connectivity index (χ3n) is 2.68. The first-order valence-corrected chi connectivity index (χ1v) is 5.37. The number of carboxylic acid groups (broad SMARTS) is 1. The molecule has 1 fully saturated rings. The summed E-state index contributed by atoms with van der Waals surface area (Å²) in [6, 6.07) is -0.765. The number of hydrogen-bond donors (Lipinski definition) is 2. The molecule has 0 aromatic heterocycles. The maximum Gasteiger partial charge on any atom is 0.320 e. The lowest BCUT2D eigenvalue weighted by molar-refractivity contribution is -0.138. The summed E-state index contributed by atoms with van der Waals surface area (Å²) in [6.07, 6.45) is 3.70. The van der Waals surface area contributed by atoms with E-state index in [1.165, 1.54) is 0 Å². The fraction of sp³-hybridized carbons (Fsp3) is 0.800. The van der Waals surface area contributed by atoms with Crippen molar-refractivity contribution in [3.63, 3.8) is 0 Å². The molecule has 0 aromatic carbocycles. The molecule has 0 unspecified atom stereocenters. The Morgan fingerprint density at radius 3 is 2.80 bits per heavy atom. The van der Waals surface area contributed by atoms with E-state index in [1.807, 2.05) is 4.90 Å². The highest BCUT2D eigenvalue weighted by atomic mass is 16.4. The zero-order valence-electron chi connectivity index (χ0n) is 8.82. The minimum Gasteiger partial charge on any atom is -0.480 e. The fourth-order valence-electron chi connectivity index (χ4n) is 1.73. The normalized spacial score (nSPS) is 18.2. The molecule has 3 N–H and O–H groups in total. The van der Waals surface area contributed by atoms with Gasteiger partial charge in [-0.15, -0.1) is 0 Å². The molecule has 0 saturated carbocycles. The molecule has 1 aliphatic heterocycles. The van der Waals surface area contributed by atoms with Crippen molar-refractivity contribution in [2.45, 2.75) is 38.1 Å². The van der Waals surface area contributed by atoms with Gasteiger partial charge in [-0.3, -0.25) is 9.59 Å². The highest BCUT2D eigenvalue weighted by Crippen LogP contribution is 2.11. The molecule has 0 radical (unpaired) electrons. The number of carboxylic acids is 1. The Kier molecular flexibility index (Phi) is 4.55. The van der Waals surface area contributed by atoms with Gasteiger partial charge in [0.05, 0.1) is 0 Å². The van der Waals surface area contributed by atoms with Crippen LogP contribution in [0.1, 0.15) is 32.1 Å². The maximum atomic E-state index is 11.2. The molecule has 1 atom stereocenters. The summed E-state index contributed by atoms with van der Waals surface area (Å²) in [5, 5.41) is 8.55. The van der Waals surface area contributed by atoms with Crippen LogP contribution in [0.25, 0.3) is 0 Å². The van der Waals surface area contributed by atoms with Crippen LogP contribution in [-0.2, 0) is 9.59 Å². The SMILES string of the molecule is N[C@@H](CCCCN1CCCC1=O)C(=O)O. The smallest absolute Gasteiger partial charge is 0.320 e. The summed E-state index contributed by atoms with van der Waals surface area (Å²) in [4.78, 5) is 23.5. The van der Waals surface area contributed by atoms with Crippen molar-refractivity contribution in [2.75, 3.05) is 13.1 Å². The molecule has 1 saturated heterocycles. The molecule has 1 heterocycles. The first kappa shape index (κ1) is 12.0. The first-order valence-electron chi connectivity index (χ1n) is 5.37. The van der Waals surface area contributed by atoms with Gasteiger partial charge in [0, 0.05) is 19.5 Å². The monoisotopic (exact) mass is 214 g/mol. The van der Waals surface area contributed by atoms with Gasteiger partial charge in [0.15, 0.2) is 0 Å². The molecule has 0 aliphatic carbocycles. The van der Waals surface area contributed by atoms with Gasteiger partial charge >= 0.3 is 5.97 Å². The molecular formula is C10H18N2O3. The van der Waals surface area contributed by atoms with Crippen molar-refractivity contribution in [1.82, 2.24) is 4.90 Å². The van der Waals surface area contributed by atoms with Gasteiger partial charge < -0.3 is 15.7 Å². The third kappa shape index (κ3) is 3.87. The Morgan fingerprint density at radius 2 is 2.27 bits per heavy atom. The molecule has 1 aliphatic rings. The van der Waals surface area contributed by atoms with Crippen molar-refractivity contribution in [2.24, 2.45) is 5.73 Å². The molecule has 15 heavy (non-hydrogen) atoms. The zero-order chi connectivity index (χ0) is 11.3. The third-order valence-corrected chi connectivity index (χ3v) is 2.68. The predicted octanol–water partition coefficient (Wildman–Crippen LogP) is 0.191. The molecule has 1 rings (SSSR count). The highest BCUT2D eigenvalue weighted by Gasteiger charge is 2.19. The number of rotatable bonds is 6. The van der Waals surface area contributed by atoms with Gasteiger partial charge in [-0.1, -0.05) is 0 Å². The molecule has 1 amide bonds. The lowest BCUT2D eigenvalue weighted by Gasteiger charge is -2.15. The summed E-state index contributed by atoms with van der Waals surface area (Å²) in [5.74, 6) is -0.732. The van der Waals surface area contributed by atoms with Gasteiger partial charge in [-0.05, 0) is 25.7 Å². The minimum atomic E-state index is -0.952. The predicted molar refractivity (Wildman–Crippen MR) is 55.3 cm³/mol. The standard InChI is InChI=1S/C10H18N2O3/c11-8(10(14)15)4-1-2-6-12-7-3-5-9(12)13/h8H,1-7,11H2,(H,14,15)/t8-/m0/s1. The number of nitrogens with two attached hydrogens (primary N) is 1. The van der Waals surface area contributed by atoms with E-state index in [-0.39, 0.29) is 5.91 Å². The van der Waals surface area contributed by atoms with Crippen molar-refractivity contribution in [1.29, 1.82) is 0 Å². The van der Waals surface area contributed by atoms with Crippen molar-refractivity contribution in [3.8, 4) is 0 Å². The van der Waals surface area contributed by atoms with E-state index < -0.39 is 12.0 Å². The Balaban J connectivity index is 2.06. The first-order chi connectivity index (χ1) is 7.11. The largest absolute Gasteiger partial charge is 0.480 e. The lowest BCUT2D eigenvalue weighted by atomic mass is 10.1. The van der Waals surface area contributed by atoms with Crippen LogP contribution in [-0.4, -0.2) is 41.0 Å². The van der Waals surface area contributed by atoms with Crippen LogP contribution in [0.2, 0.25) is 0 Å². The van der Waals surface area contributed by atoms with E-state index in [2.05, 4.69) is 0 Å². The quantitative estimate of drug-likeness (QED) is 0.618. The van der Waals surface area contributed by atoms with Gasteiger partial charge in [-0.2, -0.15) is 0 Å². The van der Waals surface area contributed by atoms with Crippen LogP contribution in [0.4, 0.5) is 0 Å². The van der Waals surface area contributed by atoms with Crippen molar-refractivity contribution < 1.29 is 14.7 Å². The fourth-order valence-corrected chi connectivity index (χ4v) is 1.73. The van der Waals surface area contributed by atoms with Crippen molar-refractivity contribution in [3.05, 3.63) is 0 Å². The topological polar surface area (TPSA) is 83.6 Å². The van der Waals surface area contributed by atoms with E-state index in [0.717, 1.165) is 32.4 Å². The second kappa shape index (κ2) is 5.70. The van der Waals surface area contributed by atoms with Crippen LogP contribution in [0.15, 0.2) is 0 Å². The van der Waals surface area contributed by atoms with Gasteiger partial charge in [0.2, 0.25) is 5.91 Å². The Labute approximate surface area is 89.2 Å². The zero-order valence-corrected chi connectivity index (χ0v) is 8.82. The Bertz CT molecular complexity index is 243. The van der Waals surface area contributed by atoms with E-state index in [9.17, 15) is 9.59 Å². The number of hydrogen-bond acceptors (Lipinski definition) is 3. The molecule has 5 heteroatoms. The van der Waals surface area contributed by atoms with E-state index in [4.69, 9.17) is 10.8 Å². The summed E-state index contributed by atoms with van der Waals surface area (Å²) >= 11 is 0. The number of carbonyl (C=O) groups excluding carboxylic acids is 1. The molecule has 0 spiro atoms. The van der Waals surface area contributed by atoms with Gasteiger partial charge in [0.1, 0.15) is 6.04 Å². The summed E-state index contributed by atoms with van der Waals surface area (Å²) in [7, 11) is 0. The molecule has 5 nitrogen and oxygen atoms in total. The lowest BCUT2D eigenvalue weighted by Crippen LogP contribution is -2.30. The van der Waals surface area contributed by atoms with Crippen LogP contribution in [0.3, 0.4) is 0 Å². The molecule has 0 bridgehead atoms. The number of unbranched alkanes of at least 4 members (excludes halogenated alkanes) is 1.